The van der Waals surface area contributed by atoms with E-state index in [1.807, 2.05) is 6.07 Å². The SMILES string of the molecule is CCN(CC)c1ccc(NC(=S)Nc2cc(Cl)ccc2OC)c(C)c1. The molecule has 0 atom stereocenters. The molecule has 6 heteroatoms. The van der Waals surface area contributed by atoms with Gasteiger partial charge < -0.3 is 20.3 Å². The van der Waals surface area contributed by atoms with Gasteiger partial charge in [0.2, 0.25) is 0 Å². The van der Waals surface area contributed by atoms with Crippen LogP contribution in [-0.2, 0) is 0 Å². The fourth-order valence-electron chi connectivity index (χ4n) is 2.63. The minimum absolute atomic E-state index is 0.485. The molecule has 0 aliphatic carbocycles. The first-order valence-electron chi connectivity index (χ1n) is 8.25. The lowest BCUT2D eigenvalue weighted by Gasteiger charge is -2.22. The second-order valence-corrected chi connectivity index (χ2v) is 6.44. The number of nitrogens with one attached hydrogen (secondary N) is 2. The number of nitrogens with zero attached hydrogens (tertiary/aromatic N) is 1. The van der Waals surface area contributed by atoms with Gasteiger partial charge in [-0.05, 0) is 75.0 Å². The Morgan fingerprint density at radius 3 is 2.36 bits per heavy atom. The van der Waals surface area contributed by atoms with E-state index in [0.29, 0.717) is 15.9 Å². The van der Waals surface area contributed by atoms with Gasteiger partial charge in [0.15, 0.2) is 5.11 Å². The molecular weight excluding hydrogens is 354 g/mol. The maximum atomic E-state index is 6.05. The molecule has 0 saturated heterocycles. The number of aryl methyl sites for hydroxylation is 1. The smallest absolute Gasteiger partial charge is 0.175 e. The van der Waals surface area contributed by atoms with Crippen molar-refractivity contribution in [2.45, 2.75) is 20.8 Å². The summed E-state index contributed by atoms with van der Waals surface area (Å²) >= 11 is 11.5. The van der Waals surface area contributed by atoms with E-state index in [4.69, 9.17) is 28.6 Å². The van der Waals surface area contributed by atoms with E-state index < -0.39 is 0 Å². The molecule has 0 aliphatic heterocycles. The molecule has 25 heavy (non-hydrogen) atoms. The molecule has 0 unspecified atom stereocenters. The zero-order valence-corrected chi connectivity index (χ0v) is 16.6. The first kappa shape index (κ1) is 19.3. The molecule has 2 aromatic carbocycles. The highest BCUT2D eigenvalue weighted by Gasteiger charge is 2.09. The number of hydrogen-bond donors (Lipinski definition) is 2. The molecule has 0 radical (unpaired) electrons. The van der Waals surface area contributed by atoms with E-state index in [0.717, 1.165) is 30.0 Å². The standard InChI is InChI=1S/C19H24ClN3OS/c1-5-23(6-2)15-8-9-16(13(3)11-15)21-19(25)22-17-12-14(20)7-10-18(17)24-4/h7-12H,5-6H2,1-4H3,(H2,21,22,25). The van der Waals surface area contributed by atoms with E-state index in [2.05, 4.69) is 48.4 Å². The molecule has 0 saturated carbocycles. The van der Waals surface area contributed by atoms with Crippen molar-refractivity contribution in [3.8, 4) is 5.75 Å². The molecule has 2 rings (SSSR count). The molecule has 2 aromatic rings. The van der Waals surface area contributed by atoms with Crippen LogP contribution in [0.3, 0.4) is 0 Å². The summed E-state index contributed by atoms with van der Waals surface area (Å²) in [6.07, 6.45) is 0. The van der Waals surface area contributed by atoms with Gasteiger partial charge in [0.1, 0.15) is 5.75 Å². The summed E-state index contributed by atoms with van der Waals surface area (Å²) in [5.41, 5.74) is 4.04. The first-order chi connectivity index (χ1) is 12.0. The van der Waals surface area contributed by atoms with Crippen molar-refractivity contribution < 1.29 is 4.74 Å². The van der Waals surface area contributed by atoms with Crippen molar-refractivity contribution in [1.82, 2.24) is 0 Å². The Bertz CT molecular complexity index is 747. The Kier molecular flexibility index (Phi) is 6.91. The quantitative estimate of drug-likeness (QED) is 0.667. The maximum Gasteiger partial charge on any atom is 0.175 e. The van der Waals surface area contributed by atoms with Gasteiger partial charge in [-0.15, -0.1) is 0 Å². The molecule has 0 bridgehead atoms. The second-order valence-electron chi connectivity index (χ2n) is 5.60. The highest BCUT2D eigenvalue weighted by molar-refractivity contribution is 7.80. The molecule has 0 spiro atoms. The second kappa shape index (κ2) is 8.92. The van der Waals surface area contributed by atoms with Crippen molar-refractivity contribution in [2.75, 3.05) is 35.7 Å². The Morgan fingerprint density at radius 1 is 1.08 bits per heavy atom. The first-order valence-corrected chi connectivity index (χ1v) is 9.04. The Labute approximate surface area is 160 Å². The van der Waals surface area contributed by atoms with Gasteiger partial charge in [0.05, 0.1) is 12.8 Å². The van der Waals surface area contributed by atoms with Crippen LogP contribution in [0, 0.1) is 6.92 Å². The van der Waals surface area contributed by atoms with Crippen LogP contribution >= 0.6 is 23.8 Å². The number of benzene rings is 2. The average molecular weight is 378 g/mol. The number of thiocarbonyl (C=S) groups is 1. The van der Waals surface area contributed by atoms with Crippen molar-refractivity contribution in [3.05, 3.63) is 47.0 Å². The van der Waals surface area contributed by atoms with Crippen LogP contribution in [0.1, 0.15) is 19.4 Å². The van der Waals surface area contributed by atoms with Crippen LogP contribution in [0.15, 0.2) is 36.4 Å². The van der Waals surface area contributed by atoms with Crippen LogP contribution < -0.4 is 20.3 Å². The van der Waals surface area contributed by atoms with Gasteiger partial charge in [-0.3, -0.25) is 0 Å². The van der Waals surface area contributed by atoms with Crippen molar-refractivity contribution >= 4 is 46.0 Å². The average Bonchev–Trinajstić information content (AvgIpc) is 2.58. The van der Waals surface area contributed by atoms with E-state index in [-0.39, 0.29) is 0 Å². The van der Waals surface area contributed by atoms with Crippen molar-refractivity contribution in [1.29, 1.82) is 0 Å². The highest BCUT2D eigenvalue weighted by Crippen LogP contribution is 2.28. The number of halogens is 1. The summed E-state index contributed by atoms with van der Waals surface area (Å²) in [5, 5.41) is 7.47. The predicted molar refractivity (Wildman–Crippen MR) is 113 cm³/mol. The third-order valence-electron chi connectivity index (χ3n) is 4.00. The lowest BCUT2D eigenvalue weighted by Crippen LogP contribution is -2.22. The summed E-state index contributed by atoms with van der Waals surface area (Å²) in [7, 11) is 1.61. The topological polar surface area (TPSA) is 36.5 Å². The van der Waals surface area contributed by atoms with E-state index in [1.165, 1.54) is 5.69 Å². The lowest BCUT2D eigenvalue weighted by molar-refractivity contribution is 0.417. The summed E-state index contributed by atoms with van der Waals surface area (Å²) in [6.45, 7) is 8.34. The molecule has 0 aliphatic rings. The van der Waals surface area contributed by atoms with Gasteiger partial charge in [0.25, 0.3) is 0 Å². The Hall–Kier alpha value is -1.98. The van der Waals surface area contributed by atoms with Gasteiger partial charge >= 0.3 is 0 Å². The fraction of sp³-hybridized carbons (Fsp3) is 0.316. The number of hydrogen-bond acceptors (Lipinski definition) is 3. The molecule has 2 N–H and O–H groups in total. The molecule has 0 heterocycles. The van der Waals surface area contributed by atoms with Crippen molar-refractivity contribution in [2.24, 2.45) is 0 Å². The number of anilines is 3. The normalized spacial score (nSPS) is 10.3. The monoisotopic (exact) mass is 377 g/mol. The minimum atomic E-state index is 0.485. The summed E-state index contributed by atoms with van der Waals surface area (Å²) < 4.78 is 5.33. The minimum Gasteiger partial charge on any atom is -0.495 e. The van der Waals surface area contributed by atoms with Crippen LogP contribution in [0.25, 0.3) is 0 Å². The summed E-state index contributed by atoms with van der Waals surface area (Å²) in [5.74, 6) is 0.683. The van der Waals surface area contributed by atoms with Crippen LogP contribution in [0.5, 0.6) is 5.75 Å². The predicted octanol–water partition coefficient (Wildman–Crippen LogP) is 5.31. The number of methoxy groups -OCH3 is 1. The Balaban J connectivity index is 2.12. The Morgan fingerprint density at radius 2 is 1.76 bits per heavy atom. The fourth-order valence-corrected chi connectivity index (χ4v) is 3.02. The van der Waals surface area contributed by atoms with Crippen LogP contribution in [0.4, 0.5) is 17.1 Å². The van der Waals surface area contributed by atoms with E-state index in [9.17, 15) is 0 Å². The zero-order chi connectivity index (χ0) is 18.4. The molecule has 0 fully saturated rings. The zero-order valence-electron chi connectivity index (χ0n) is 15.0. The highest BCUT2D eigenvalue weighted by atomic mass is 35.5. The maximum absolute atomic E-state index is 6.05. The third kappa shape index (κ3) is 5.00. The summed E-state index contributed by atoms with van der Waals surface area (Å²) in [4.78, 5) is 2.31. The van der Waals surface area contributed by atoms with Crippen molar-refractivity contribution in [3.63, 3.8) is 0 Å². The van der Waals surface area contributed by atoms with Crippen LogP contribution in [0.2, 0.25) is 5.02 Å². The number of rotatable bonds is 6. The largest absolute Gasteiger partial charge is 0.495 e. The lowest BCUT2D eigenvalue weighted by atomic mass is 10.1. The molecule has 0 amide bonds. The van der Waals surface area contributed by atoms with Gasteiger partial charge in [-0.1, -0.05) is 11.6 Å². The third-order valence-corrected chi connectivity index (χ3v) is 4.44. The summed E-state index contributed by atoms with van der Waals surface area (Å²) in [6, 6.07) is 11.7. The van der Waals surface area contributed by atoms with Gasteiger partial charge in [-0.25, -0.2) is 0 Å². The van der Waals surface area contributed by atoms with Crippen LogP contribution in [-0.4, -0.2) is 25.3 Å². The number of ether oxygens (including phenoxy) is 1. The molecule has 0 aromatic heterocycles. The van der Waals surface area contributed by atoms with Gasteiger partial charge in [-0.2, -0.15) is 0 Å². The van der Waals surface area contributed by atoms with E-state index >= 15 is 0 Å². The van der Waals surface area contributed by atoms with Gasteiger partial charge in [0, 0.05) is 29.5 Å². The molecule has 4 nitrogen and oxygen atoms in total. The molecular formula is C19H24ClN3OS. The van der Waals surface area contributed by atoms with E-state index in [1.54, 1.807) is 25.3 Å². The molecule has 134 valence electrons.